The van der Waals surface area contributed by atoms with E-state index in [0.717, 1.165) is 5.56 Å². The quantitative estimate of drug-likeness (QED) is 0.719. The predicted octanol–water partition coefficient (Wildman–Crippen LogP) is 0.871. The number of benzene rings is 1. The van der Waals surface area contributed by atoms with Crippen molar-refractivity contribution in [3.05, 3.63) is 36.8 Å². The van der Waals surface area contributed by atoms with Crippen LogP contribution < -0.4 is 5.32 Å². The van der Waals surface area contributed by atoms with Gasteiger partial charge in [-0.25, -0.2) is 0 Å². The number of hydrogen-bond donors (Lipinski definition) is 2. The van der Waals surface area contributed by atoms with Gasteiger partial charge in [0.25, 0.3) is 0 Å². The van der Waals surface area contributed by atoms with E-state index in [-0.39, 0.29) is 6.61 Å². The molecule has 0 atom stereocenters. The van der Waals surface area contributed by atoms with Crippen molar-refractivity contribution in [3.8, 4) is 0 Å². The van der Waals surface area contributed by atoms with Gasteiger partial charge in [-0.3, -0.25) is 4.79 Å². The van der Waals surface area contributed by atoms with Crippen LogP contribution in [0.1, 0.15) is 5.56 Å². The minimum absolute atomic E-state index is 0.128. The fourth-order valence-corrected chi connectivity index (χ4v) is 1.03. The Hall–Kier alpha value is -1.35. The summed E-state index contributed by atoms with van der Waals surface area (Å²) in [6.07, 6.45) is 0.622. The van der Waals surface area contributed by atoms with Gasteiger partial charge in [-0.15, -0.1) is 0 Å². The van der Waals surface area contributed by atoms with Crippen molar-refractivity contribution >= 4 is 11.6 Å². The molecule has 2 N–H and O–H groups in total. The van der Waals surface area contributed by atoms with Gasteiger partial charge in [-0.2, -0.15) is 0 Å². The lowest BCUT2D eigenvalue weighted by atomic mass is 10.1. The van der Waals surface area contributed by atoms with Crippen LogP contribution in [0, 0.1) is 6.92 Å². The molecule has 0 saturated carbocycles. The molecular weight excluding hydrogens is 166 g/mol. The highest BCUT2D eigenvalue weighted by molar-refractivity contribution is 5.93. The van der Waals surface area contributed by atoms with Crippen LogP contribution in [0.15, 0.2) is 24.3 Å². The maximum Gasteiger partial charge on any atom is 0.229 e. The number of aliphatic hydroxyl groups excluding tert-OH is 1. The third-order valence-electron chi connectivity index (χ3n) is 1.62. The Labute approximate surface area is 77.4 Å². The number of rotatable bonds is 3. The van der Waals surface area contributed by atoms with E-state index >= 15 is 0 Å². The van der Waals surface area contributed by atoms with E-state index in [9.17, 15) is 4.79 Å². The molecule has 68 valence electrons. The van der Waals surface area contributed by atoms with Crippen molar-refractivity contribution < 1.29 is 9.90 Å². The molecule has 0 spiro atoms. The number of anilines is 1. The summed E-state index contributed by atoms with van der Waals surface area (Å²) in [5.74, 6) is -0.574. The molecule has 1 amide bonds. The van der Waals surface area contributed by atoms with Crippen molar-refractivity contribution in [3.63, 3.8) is 0 Å². The molecule has 1 aromatic carbocycles. The summed E-state index contributed by atoms with van der Waals surface area (Å²) in [5, 5.41) is 11.1. The van der Waals surface area contributed by atoms with Gasteiger partial charge < -0.3 is 10.4 Å². The number of aliphatic hydroxyl groups is 1. The summed E-state index contributed by atoms with van der Waals surface area (Å²) in [5.41, 5.74) is 1.69. The summed E-state index contributed by atoms with van der Waals surface area (Å²) < 4.78 is 0. The molecule has 0 bridgehead atoms. The Bertz CT molecular complexity index is 279. The molecule has 0 aliphatic heterocycles. The molecule has 0 fully saturated rings. The van der Waals surface area contributed by atoms with Crippen molar-refractivity contribution in [2.45, 2.75) is 6.42 Å². The van der Waals surface area contributed by atoms with E-state index in [0.29, 0.717) is 12.1 Å². The second-order valence-corrected chi connectivity index (χ2v) is 2.66. The van der Waals surface area contributed by atoms with Crippen LogP contribution in [0.4, 0.5) is 5.69 Å². The fourth-order valence-electron chi connectivity index (χ4n) is 1.03. The first-order chi connectivity index (χ1) is 6.22. The van der Waals surface area contributed by atoms with E-state index in [2.05, 4.69) is 5.32 Å². The second kappa shape index (κ2) is 4.62. The SMILES string of the molecule is [CH]C(=O)Nc1ccc(CCO)cc1. The van der Waals surface area contributed by atoms with Gasteiger partial charge in [-0.1, -0.05) is 12.1 Å². The average molecular weight is 177 g/mol. The van der Waals surface area contributed by atoms with Gasteiger partial charge >= 0.3 is 0 Å². The highest BCUT2D eigenvalue weighted by atomic mass is 16.2. The van der Waals surface area contributed by atoms with Crippen LogP contribution in [0.2, 0.25) is 0 Å². The smallest absolute Gasteiger partial charge is 0.229 e. The van der Waals surface area contributed by atoms with Gasteiger partial charge in [0.2, 0.25) is 5.91 Å². The monoisotopic (exact) mass is 177 g/mol. The summed E-state index contributed by atoms with van der Waals surface area (Å²) in [6, 6.07) is 7.16. The highest BCUT2D eigenvalue weighted by Gasteiger charge is 1.95. The molecule has 0 aromatic heterocycles. The minimum atomic E-state index is -0.574. The minimum Gasteiger partial charge on any atom is -0.396 e. The lowest BCUT2D eigenvalue weighted by molar-refractivity contribution is -0.112. The number of carbonyl (C=O) groups excluding carboxylic acids is 1. The van der Waals surface area contributed by atoms with E-state index in [1.165, 1.54) is 0 Å². The van der Waals surface area contributed by atoms with Crippen molar-refractivity contribution in [1.29, 1.82) is 0 Å². The van der Waals surface area contributed by atoms with E-state index in [1.54, 1.807) is 12.1 Å². The molecular formula is C10H11NO2. The molecule has 0 saturated heterocycles. The molecule has 0 heterocycles. The average Bonchev–Trinajstić information content (AvgIpc) is 2.08. The summed E-state index contributed by atoms with van der Waals surface area (Å²) >= 11 is 0. The van der Waals surface area contributed by atoms with Gasteiger partial charge in [0, 0.05) is 12.3 Å². The normalized spacial score (nSPS) is 9.69. The number of hydrogen-bond acceptors (Lipinski definition) is 2. The molecule has 2 radical (unpaired) electrons. The van der Waals surface area contributed by atoms with Gasteiger partial charge in [0.1, 0.15) is 0 Å². The van der Waals surface area contributed by atoms with E-state index < -0.39 is 5.91 Å². The number of nitrogens with one attached hydrogen (secondary N) is 1. The van der Waals surface area contributed by atoms with Crippen LogP contribution in [-0.4, -0.2) is 17.6 Å². The Morgan fingerprint density at radius 1 is 1.38 bits per heavy atom. The Morgan fingerprint density at radius 3 is 2.46 bits per heavy atom. The third kappa shape index (κ3) is 3.25. The summed E-state index contributed by atoms with van der Waals surface area (Å²) in [6.45, 7) is 5.06. The lowest BCUT2D eigenvalue weighted by Gasteiger charge is -2.02. The van der Waals surface area contributed by atoms with Crippen molar-refractivity contribution in [2.24, 2.45) is 0 Å². The standard InChI is InChI=1S/C10H11NO2/c1-8(13)11-10-4-2-9(3-5-10)6-7-12/h1-5,12H,6-7H2,(H,11,13). The number of carbonyl (C=O) groups is 1. The summed E-state index contributed by atoms with van der Waals surface area (Å²) in [7, 11) is 0. The van der Waals surface area contributed by atoms with Crippen molar-refractivity contribution in [2.75, 3.05) is 11.9 Å². The molecule has 1 rings (SSSR count). The molecule has 3 nitrogen and oxygen atoms in total. The maximum absolute atomic E-state index is 10.5. The molecule has 3 heteroatoms. The van der Waals surface area contributed by atoms with Crippen LogP contribution in [-0.2, 0) is 11.2 Å². The molecule has 0 aliphatic carbocycles. The Kier molecular flexibility index (Phi) is 3.46. The van der Waals surface area contributed by atoms with Crippen LogP contribution in [0.3, 0.4) is 0 Å². The van der Waals surface area contributed by atoms with Crippen LogP contribution >= 0.6 is 0 Å². The zero-order valence-electron chi connectivity index (χ0n) is 7.16. The first-order valence-electron chi connectivity index (χ1n) is 3.98. The van der Waals surface area contributed by atoms with Gasteiger partial charge in [0.15, 0.2) is 0 Å². The van der Waals surface area contributed by atoms with Gasteiger partial charge in [0.05, 0.1) is 6.92 Å². The molecule has 0 aliphatic rings. The van der Waals surface area contributed by atoms with Gasteiger partial charge in [-0.05, 0) is 24.1 Å². The topological polar surface area (TPSA) is 49.3 Å². The van der Waals surface area contributed by atoms with Crippen LogP contribution in [0.25, 0.3) is 0 Å². The zero-order chi connectivity index (χ0) is 9.68. The van der Waals surface area contributed by atoms with E-state index in [4.69, 9.17) is 12.0 Å². The first kappa shape index (κ1) is 9.74. The number of amides is 1. The largest absolute Gasteiger partial charge is 0.396 e. The first-order valence-corrected chi connectivity index (χ1v) is 3.98. The second-order valence-electron chi connectivity index (χ2n) is 2.66. The zero-order valence-corrected chi connectivity index (χ0v) is 7.16. The lowest BCUT2D eigenvalue weighted by Crippen LogP contribution is -2.05. The van der Waals surface area contributed by atoms with Crippen LogP contribution in [0.5, 0.6) is 0 Å². The Balaban J connectivity index is 2.64. The highest BCUT2D eigenvalue weighted by Crippen LogP contribution is 2.09. The fraction of sp³-hybridized carbons (Fsp3) is 0.200. The molecule has 0 unspecified atom stereocenters. The van der Waals surface area contributed by atoms with Crippen molar-refractivity contribution in [1.82, 2.24) is 0 Å². The third-order valence-corrected chi connectivity index (χ3v) is 1.62. The molecule has 1 aromatic rings. The maximum atomic E-state index is 10.5. The Morgan fingerprint density at radius 2 is 2.00 bits per heavy atom. The summed E-state index contributed by atoms with van der Waals surface area (Å²) in [4.78, 5) is 10.5. The molecule has 13 heavy (non-hydrogen) atoms. The van der Waals surface area contributed by atoms with E-state index in [1.807, 2.05) is 12.1 Å². The predicted molar refractivity (Wildman–Crippen MR) is 50.2 cm³/mol.